The van der Waals surface area contributed by atoms with Crippen molar-refractivity contribution >= 4 is 32.4 Å². The molecule has 0 unspecified atom stereocenters. The third kappa shape index (κ3) is 4.78. The summed E-state index contributed by atoms with van der Waals surface area (Å²) in [5.41, 5.74) is 2.32. The second-order valence-electron chi connectivity index (χ2n) is 8.61. The molecule has 0 spiro atoms. The molecule has 1 amide bonds. The maximum atomic E-state index is 13.2. The van der Waals surface area contributed by atoms with Crippen molar-refractivity contribution in [2.75, 3.05) is 12.8 Å². The largest absolute Gasteiger partial charge is 0.467 e. The van der Waals surface area contributed by atoms with Gasteiger partial charge in [-0.25, -0.2) is 13.4 Å². The molecule has 8 nitrogen and oxygen atoms in total. The van der Waals surface area contributed by atoms with Gasteiger partial charge in [-0.3, -0.25) is 4.79 Å². The summed E-state index contributed by atoms with van der Waals surface area (Å²) >= 11 is 0. The summed E-state index contributed by atoms with van der Waals surface area (Å²) in [7, 11) is -3.26. The number of amides is 1. The molecule has 3 heterocycles. The maximum Gasteiger partial charge on any atom is 0.257 e. The molecule has 0 saturated carbocycles. The van der Waals surface area contributed by atoms with Crippen molar-refractivity contribution in [3.8, 4) is 0 Å². The fraction of sp³-hybridized carbons (Fsp3) is 0.231. The van der Waals surface area contributed by atoms with Gasteiger partial charge in [-0.1, -0.05) is 30.3 Å². The van der Waals surface area contributed by atoms with Crippen LogP contribution in [0.5, 0.6) is 0 Å². The van der Waals surface area contributed by atoms with Crippen LogP contribution in [0.1, 0.15) is 42.5 Å². The van der Waals surface area contributed by atoms with Gasteiger partial charge < -0.3 is 14.2 Å². The molecular formula is C26H25N3O5S. The molecule has 0 radical (unpaired) electrons. The average molecular weight is 492 g/mol. The van der Waals surface area contributed by atoms with E-state index in [9.17, 15) is 13.2 Å². The Hall–Kier alpha value is -3.69. The molecular weight excluding hydrogens is 466 g/mol. The van der Waals surface area contributed by atoms with Crippen molar-refractivity contribution in [3.05, 3.63) is 90.1 Å². The number of sulfone groups is 1. The highest BCUT2D eigenvalue weighted by Crippen LogP contribution is 2.34. The van der Waals surface area contributed by atoms with Crippen molar-refractivity contribution in [2.45, 2.75) is 30.3 Å². The molecule has 1 aliphatic rings. The molecule has 35 heavy (non-hydrogen) atoms. The van der Waals surface area contributed by atoms with Crippen LogP contribution < -0.4 is 5.32 Å². The number of fused-ring (bicyclic) bond motifs is 1. The quantitative estimate of drug-likeness (QED) is 0.409. The van der Waals surface area contributed by atoms with E-state index in [0.29, 0.717) is 23.7 Å². The molecule has 0 bridgehead atoms. The first-order valence-corrected chi connectivity index (χ1v) is 13.1. The fourth-order valence-electron chi connectivity index (χ4n) is 4.16. The zero-order valence-corrected chi connectivity index (χ0v) is 20.2. The van der Waals surface area contributed by atoms with Crippen molar-refractivity contribution in [1.82, 2.24) is 10.3 Å². The van der Waals surface area contributed by atoms with Crippen molar-refractivity contribution in [1.29, 1.82) is 0 Å². The first-order valence-electron chi connectivity index (χ1n) is 11.2. The predicted molar refractivity (Wildman–Crippen MR) is 132 cm³/mol. The molecule has 0 saturated heterocycles. The van der Waals surface area contributed by atoms with Gasteiger partial charge in [0.25, 0.3) is 5.91 Å². The van der Waals surface area contributed by atoms with Crippen LogP contribution in [0.25, 0.3) is 11.0 Å². The Kier molecular flexibility index (Phi) is 6.04. The summed E-state index contributed by atoms with van der Waals surface area (Å²) in [4.78, 5) is 13.5. The lowest BCUT2D eigenvalue weighted by Crippen LogP contribution is -2.36. The van der Waals surface area contributed by atoms with Crippen LogP contribution in [0.4, 0.5) is 0 Å². The lowest BCUT2D eigenvalue weighted by Gasteiger charge is -2.21. The zero-order valence-electron chi connectivity index (χ0n) is 19.3. The second-order valence-corrected chi connectivity index (χ2v) is 10.6. The smallest absolute Gasteiger partial charge is 0.257 e. The molecule has 2 atom stereocenters. The minimum Gasteiger partial charge on any atom is -0.467 e. The summed E-state index contributed by atoms with van der Waals surface area (Å²) in [6.45, 7) is 1.96. The third-order valence-corrected chi connectivity index (χ3v) is 7.24. The molecule has 180 valence electrons. The van der Waals surface area contributed by atoms with Crippen LogP contribution in [-0.2, 0) is 14.6 Å². The Morgan fingerprint density at radius 1 is 1.14 bits per heavy atom. The van der Waals surface area contributed by atoms with Gasteiger partial charge in [-0.05, 0) is 48.9 Å². The maximum absolute atomic E-state index is 13.2. The van der Waals surface area contributed by atoms with Gasteiger partial charge in [0, 0.05) is 24.1 Å². The van der Waals surface area contributed by atoms with Crippen LogP contribution >= 0.6 is 0 Å². The number of hydrogen-bond donors (Lipinski definition) is 1. The van der Waals surface area contributed by atoms with Gasteiger partial charge in [-0.15, -0.1) is 0 Å². The lowest BCUT2D eigenvalue weighted by molar-refractivity contribution is -0.132. The van der Waals surface area contributed by atoms with E-state index in [1.807, 2.05) is 43.3 Å². The molecule has 2 aromatic heterocycles. The number of hydrazone groups is 1. The van der Waals surface area contributed by atoms with E-state index in [2.05, 4.69) is 10.4 Å². The van der Waals surface area contributed by atoms with Gasteiger partial charge in [0.05, 0.1) is 17.7 Å². The normalized spacial score (nSPS) is 17.0. The number of nitrogens with one attached hydrogen (secondary N) is 1. The van der Waals surface area contributed by atoms with E-state index in [-0.39, 0.29) is 29.4 Å². The van der Waals surface area contributed by atoms with Crippen LogP contribution in [0, 0.1) is 0 Å². The van der Waals surface area contributed by atoms with Crippen LogP contribution in [-0.4, -0.2) is 37.8 Å². The van der Waals surface area contributed by atoms with E-state index in [0.717, 1.165) is 16.5 Å². The Labute approximate surface area is 203 Å². The number of carbonyl (C=O) groups is 1. The highest BCUT2D eigenvalue weighted by molar-refractivity contribution is 7.90. The Bertz CT molecular complexity index is 1450. The molecule has 1 aliphatic heterocycles. The topological polar surface area (TPSA) is 105 Å². The van der Waals surface area contributed by atoms with Gasteiger partial charge in [0.15, 0.2) is 15.6 Å². The van der Waals surface area contributed by atoms with E-state index >= 15 is 0 Å². The van der Waals surface area contributed by atoms with Crippen LogP contribution in [0.3, 0.4) is 0 Å². The summed E-state index contributed by atoms with van der Waals surface area (Å²) in [5.74, 6) is 1.07. The number of rotatable bonds is 7. The Morgan fingerprint density at radius 3 is 2.60 bits per heavy atom. The molecule has 1 N–H and O–H groups in total. The average Bonchev–Trinajstić information content (AvgIpc) is 3.60. The molecule has 2 aromatic carbocycles. The summed E-state index contributed by atoms with van der Waals surface area (Å²) < 4.78 is 35.0. The molecule has 0 aliphatic carbocycles. The minimum atomic E-state index is -3.26. The van der Waals surface area contributed by atoms with E-state index in [4.69, 9.17) is 8.83 Å². The molecule has 9 heteroatoms. The van der Waals surface area contributed by atoms with Crippen LogP contribution in [0.2, 0.25) is 0 Å². The first-order chi connectivity index (χ1) is 16.8. The highest BCUT2D eigenvalue weighted by atomic mass is 32.2. The van der Waals surface area contributed by atoms with Gasteiger partial charge in [0.1, 0.15) is 23.1 Å². The van der Waals surface area contributed by atoms with E-state index in [1.165, 1.54) is 11.3 Å². The summed E-state index contributed by atoms with van der Waals surface area (Å²) in [6.07, 6.45) is 3.23. The van der Waals surface area contributed by atoms with E-state index < -0.39 is 9.84 Å². The number of hydrogen-bond acceptors (Lipinski definition) is 7. The Balaban J connectivity index is 1.33. The summed E-state index contributed by atoms with van der Waals surface area (Å²) in [6, 6.07) is 19.4. The number of para-hydroxylation sites is 1. The Morgan fingerprint density at radius 2 is 1.91 bits per heavy atom. The zero-order chi connectivity index (χ0) is 24.6. The standard InChI is InChI=1S/C26H25N3O5S/c1-17(18-9-11-20(12-10-18)35(2,31)32)27-16-26(30)29-22(24-8-5-13-33-24)15-21(28-29)25-14-19-6-3-4-7-23(19)34-25/h3-14,17,22,27H,15-16H2,1-2H3/t17-,22-/m0/s1. The highest BCUT2D eigenvalue weighted by Gasteiger charge is 2.36. The van der Waals surface area contributed by atoms with Crippen molar-refractivity contribution in [2.24, 2.45) is 5.10 Å². The SMILES string of the molecule is C[C@H](NCC(=O)N1N=C(c2cc3ccccc3o2)C[C@H]1c1ccco1)c1ccc(S(C)(=O)=O)cc1. The van der Waals surface area contributed by atoms with Gasteiger partial charge in [0.2, 0.25) is 0 Å². The number of benzene rings is 2. The van der Waals surface area contributed by atoms with Gasteiger partial charge >= 0.3 is 0 Å². The molecule has 5 rings (SSSR count). The number of furan rings is 2. The predicted octanol–water partition coefficient (Wildman–Crippen LogP) is 4.46. The fourth-order valence-corrected chi connectivity index (χ4v) is 4.79. The molecule has 4 aromatic rings. The number of carbonyl (C=O) groups excluding carboxylic acids is 1. The first kappa shape index (κ1) is 23.1. The monoisotopic (exact) mass is 491 g/mol. The van der Waals surface area contributed by atoms with Gasteiger partial charge in [-0.2, -0.15) is 5.10 Å². The third-order valence-electron chi connectivity index (χ3n) is 6.12. The lowest BCUT2D eigenvalue weighted by atomic mass is 10.1. The minimum absolute atomic E-state index is 0.0448. The number of nitrogens with zero attached hydrogens (tertiary/aromatic N) is 2. The summed E-state index contributed by atoms with van der Waals surface area (Å²) in [5, 5.41) is 10.3. The molecule has 0 fully saturated rings. The van der Waals surface area contributed by atoms with Crippen molar-refractivity contribution < 1.29 is 22.0 Å². The van der Waals surface area contributed by atoms with Crippen molar-refractivity contribution in [3.63, 3.8) is 0 Å². The van der Waals surface area contributed by atoms with Crippen LogP contribution in [0.15, 0.2) is 91.8 Å². The van der Waals surface area contributed by atoms with E-state index in [1.54, 1.807) is 36.6 Å². The second kappa shape index (κ2) is 9.16.